The van der Waals surface area contributed by atoms with Gasteiger partial charge in [-0.25, -0.2) is 0 Å². The van der Waals surface area contributed by atoms with E-state index in [1.807, 2.05) is 18.2 Å². The Morgan fingerprint density at radius 3 is 2.42 bits per heavy atom. The largest absolute Gasteiger partial charge is 0.493 e. The fourth-order valence-electron chi connectivity index (χ4n) is 2.48. The minimum absolute atomic E-state index is 0.129. The Kier molecular flexibility index (Phi) is 7.02. The minimum atomic E-state index is -0.225. The number of ether oxygens (including phenoxy) is 2. The van der Waals surface area contributed by atoms with E-state index in [1.54, 1.807) is 45.4 Å². The Morgan fingerprint density at radius 2 is 1.73 bits per heavy atom. The molecule has 0 atom stereocenters. The monoisotopic (exact) mass is 356 g/mol. The number of benzene rings is 2. The first-order valence-corrected chi connectivity index (χ1v) is 8.47. The van der Waals surface area contributed by atoms with Crippen molar-refractivity contribution in [2.45, 2.75) is 19.8 Å². The molecule has 0 heterocycles. The van der Waals surface area contributed by atoms with Crippen molar-refractivity contribution in [3.8, 4) is 11.5 Å². The van der Waals surface area contributed by atoms with E-state index in [4.69, 9.17) is 9.47 Å². The summed E-state index contributed by atoms with van der Waals surface area (Å²) in [6.07, 6.45) is 1.00. The van der Waals surface area contributed by atoms with E-state index in [9.17, 15) is 9.59 Å². The highest BCUT2D eigenvalue weighted by Gasteiger charge is 2.12. The topological polar surface area (TPSA) is 76.7 Å². The van der Waals surface area contributed by atoms with Crippen LogP contribution >= 0.6 is 0 Å². The van der Waals surface area contributed by atoms with Crippen LogP contribution in [0.1, 0.15) is 29.3 Å². The molecule has 2 N–H and O–H groups in total. The Morgan fingerprint density at radius 1 is 1.00 bits per heavy atom. The van der Waals surface area contributed by atoms with Gasteiger partial charge < -0.3 is 20.1 Å². The molecule has 0 unspecified atom stereocenters. The summed E-state index contributed by atoms with van der Waals surface area (Å²) >= 11 is 0. The van der Waals surface area contributed by atoms with Crippen molar-refractivity contribution in [3.05, 3.63) is 53.6 Å². The summed E-state index contributed by atoms with van der Waals surface area (Å²) in [7, 11) is 3.18. The maximum atomic E-state index is 12.4. The van der Waals surface area contributed by atoms with Crippen LogP contribution in [-0.4, -0.2) is 32.6 Å². The van der Waals surface area contributed by atoms with Crippen molar-refractivity contribution in [1.29, 1.82) is 0 Å². The number of anilines is 1. The molecule has 0 aromatic heterocycles. The fourth-order valence-corrected chi connectivity index (χ4v) is 2.48. The number of methoxy groups -OCH3 is 2. The normalized spacial score (nSPS) is 10.1. The van der Waals surface area contributed by atoms with E-state index in [1.165, 1.54) is 0 Å². The van der Waals surface area contributed by atoms with Crippen LogP contribution in [0.5, 0.6) is 11.5 Å². The fraction of sp³-hybridized carbons (Fsp3) is 0.300. The molecular weight excluding hydrogens is 332 g/mol. The van der Waals surface area contributed by atoms with Crippen molar-refractivity contribution in [2.75, 3.05) is 26.1 Å². The molecule has 6 heteroatoms. The van der Waals surface area contributed by atoms with Crippen molar-refractivity contribution >= 4 is 17.5 Å². The van der Waals surface area contributed by atoms with E-state index >= 15 is 0 Å². The quantitative estimate of drug-likeness (QED) is 0.762. The van der Waals surface area contributed by atoms with Gasteiger partial charge in [-0.15, -0.1) is 0 Å². The summed E-state index contributed by atoms with van der Waals surface area (Å²) in [4.78, 5) is 24.0. The number of amides is 2. The highest BCUT2D eigenvalue weighted by Crippen LogP contribution is 2.27. The van der Waals surface area contributed by atoms with Gasteiger partial charge in [0, 0.05) is 13.0 Å². The Hall–Kier alpha value is -3.02. The number of rotatable bonds is 8. The van der Waals surface area contributed by atoms with Crippen LogP contribution in [-0.2, 0) is 11.2 Å². The van der Waals surface area contributed by atoms with Crippen LogP contribution < -0.4 is 20.1 Å². The molecule has 2 aromatic rings. The summed E-state index contributed by atoms with van der Waals surface area (Å²) in [5.74, 6) is 0.970. The van der Waals surface area contributed by atoms with Crippen molar-refractivity contribution < 1.29 is 19.1 Å². The standard InChI is InChI=1S/C20H24N2O4/c1-4-19(23)22-16-8-6-5-7-15(16)20(24)21-12-11-14-9-10-17(25-2)18(13-14)26-3/h5-10,13H,4,11-12H2,1-3H3,(H,21,24)(H,22,23). The third kappa shape index (κ3) is 4.99. The molecule has 0 saturated carbocycles. The molecule has 2 aromatic carbocycles. The van der Waals surface area contributed by atoms with Crippen molar-refractivity contribution in [2.24, 2.45) is 0 Å². The highest BCUT2D eigenvalue weighted by atomic mass is 16.5. The molecule has 0 spiro atoms. The van der Waals surface area contributed by atoms with Gasteiger partial charge in [-0.1, -0.05) is 25.1 Å². The third-order valence-electron chi connectivity index (χ3n) is 3.91. The van der Waals surface area contributed by atoms with E-state index in [2.05, 4.69) is 10.6 Å². The molecule has 0 saturated heterocycles. The van der Waals surface area contributed by atoms with Crippen LogP contribution in [0.2, 0.25) is 0 Å². The molecule has 2 amide bonds. The second-order valence-electron chi connectivity index (χ2n) is 5.64. The highest BCUT2D eigenvalue weighted by molar-refractivity contribution is 6.03. The smallest absolute Gasteiger partial charge is 0.253 e. The van der Waals surface area contributed by atoms with Gasteiger partial charge in [0.15, 0.2) is 11.5 Å². The summed E-state index contributed by atoms with van der Waals surface area (Å²) in [6, 6.07) is 12.6. The molecule has 26 heavy (non-hydrogen) atoms. The molecule has 0 fully saturated rings. The molecule has 0 aliphatic heterocycles. The minimum Gasteiger partial charge on any atom is -0.493 e. The van der Waals surface area contributed by atoms with Gasteiger partial charge in [0.2, 0.25) is 5.91 Å². The first-order chi connectivity index (χ1) is 12.6. The van der Waals surface area contributed by atoms with E-state index < -0.39 is 0 Å². The van der Waals surface area contributed by atoms with Crippen LogP contribution in [0, 0.1) is 0 Å². The number of para-hydroxylation sites is 1. The van der Waals surface area contributed by atoms with E-state index in [0.717, 1.165) is 5.56 Å². The lowest BCUT2D eigenvalue weighted by atomic mass is 10.1. The van der Waals surface area contributed by atoms with Gasteiger partial charge in [-0.05, 0) is 36.2 Å². The van der Waals surface area contributed by atoms with Crippen LogP contribution in [0.15, 0.2) is 42.5 Å². The first-order valence-electron chi connectivity index (χ1n) is 8.47. The van der Waals surface area contributed by atoms with E-state index in [0.29, 0.717) is 42.1 Å². The van der Waals surface area contributed by atoms with Crippen LogP contribution in [0.3, 0.4) is 0 Å². The molecule has 0 aliphatic carbocycles. The second-order valence-corrected chi connectivity index (χ2v) is 5.64. The molecule has 0 aliphatic rings. The molecule has 2 rings (SSSR count). The molecular formula is C20H24N2O4. The van der Waals surface area contributed by atoms with Gasteiger partial charge in [-0.3, -0.25) is 9.59 Å². The lowest BCUT2D eigenvalue weighted by Crippen LogP contribution is -2.27. The maximum Gasteiger partial charge on any atom is 0.253 e. The summed E-state index contributed by atoms with van der Waals surface area (Å²) in [5, 5.41) is 5.63. The predicted molar refractivity (Wildman–Crippen MR) is 101 cm³/mol. The number of hydrogen-bond acceptors (Lipinski definition) is 4. The average molecular weight is 356 g/mol. The summed E-state index contributed by atoms with van der Waals surface area (Å²) in [5.41, 5.74) is 1.99. The zero-order valence-corrected chi connectivity index (χ0v) is 15.3. The average Bonchev–Trinajstić information content (AvgIpc) is 2.67. The summed E-state index contributed by atoms with van der Waals surface area (Å²) in [6.45, 7) is 2.23. The Balaban J connectivity index is 1.98. The predicted octanol–water partition coefficient (Wildman–Crippen LogP) is 3.02. The van der Waals surface area contributed by atoms with Crippen molar-refractivity contribution in [1.82, 2.24) is 5.32 Å². The molecule has 0 radical (unpaired) electrons. The van der Waals surface area contributed by atoms with Crippen LogP contribution in [0.4, 0.5) is 5.69 Å². The van der Waals surface area contributed by atoms with Gasteiger partial charge in [0.25, 0.3) is 5.91 Å². The van der Waals surface area contributed by atoms with Crippen molar-refractivity contribution in [3.63, 3.8) is 0 Å². The second kappa shape index (κ2) is 9.46. The Bertz CT molecular complexity index is 774. The number of hydrogen-bond donors (Lipinski definition) is 2. The van der Waals surface area contributed by atoms with Crippen LogP contribution in [0.25, 0.3) is 0 Å². The van der Waals surface area contributed by atoms with Gasteiger partial charge in [0.05, 0.1) is 25.5 Å². The zero-order valence-electron chi connectivity index (χ0n) is 15.3. The number of nitrogens with one attached hydrogen (secondary N) is 2. The lowest BCUT2D eigenvalue weighted by molar-refractivity contribution is -0.115. The number of carbonyl (C=O) groups excluding carboxylic acids is 2. The molecule has 6 nitrogen and oxygen atoms in total. The number of carbonyl (C=O) groups is 2. The lowest BCUT2D eigenvalue weighted by Gasteiger charge is -2.12. The maximum absolute atomic E-state index is 12.4. The first kappa shape index (κ1) is 19.3. The third-order valence-corrected chi connectivity index (χ3v) is 3.91. The SMILES string of the molecule is CCC(=O)Nc1ccccc1C(=O)NCCc1ccc(OC)c(OC)c1. The van der Waals surface area contributed by atoms with E-state index in [-0.39, 0.29) is 11.8 Å². The molecule has 138 valence electrons. The summed E-state index contributed by atoms with van der Waals surface area (Å²) < 4.78 is 10.5. The van der Waals surface area contributed by atoms with Gasteiger partial charge >= 0.3 is 0 Å². The Labute approximate surface area is 153 Å². The molecule has 0 bridgehead atoms. The van der Waals surface area contributed by atoms with Gasteiger partial charge in [0.1, 0.15) is 0 Å². The van der Waals surface area contributed by atoms with Gasteiger partial charge in [-0.2, -0.15) is 0 Å². The zero-order chi connectivity index (χ0) is 18.9.